The maximum Gasteiger partial charge on any atom is 0.323 e. The van der Waals surface area contributed by atoms with Gasteiger partial charge in [-0.1, -0.05) is 11.6 Å². The summed E-state index contributed by atoms with van der Waals surface area (Å²) in [4.78, 5) is 11.8. The molecule has 0 fully saturated rings. The second-order valence-electron chi connectivity index (χ2n) is 4.39. The maximum absolute atomic E-state index is 13.7. The minimum atomic E-state index is -0.572. The van der Waals surface area contributed by atoms with Gasteiger partial charge in [0, 0.05) is 16.8 Å². The number of halogens is 2. The van der Waals surface area contributed by atoms with Crippen LogP contribution in [0.15, 0.2) is 36.4 Å². The molecule has 2 aromatic rings. The van der Waals surface area contributed by atoms with Gasteiger partial charge >= 0.3 is 6.03 Å². The Bertz CT molecular complexity index is 677. The van der Waals surface area contributed by atoms with E-state index in [0.29, 0.717) is 16.5 Å². The highest BCUT2D eigenvalue weighted by atomic mass is 35.5. The summed E-state index contributed by atoms with van der Waals surface area (Å²) in [6, 6.07) is 8.72. The third-order valence-corrected chi connectivity index (χ3v) is 3.26. The summed E-state index contributed by atoms with van der Waals surface area (Å²) in [5.74, 6) is -0.191. The number of amides is 2. The van der Waals surface area contributed by atoms with E-state index < -0.39 is 11.8 Å². The predicted octanol–water partition coefficient (Wildman–Crippen LogP) is 4.44. The molecule has 110 valence electrons. The largest absolute Gasteiger partial charge is 0.497 e. The van der Waals surface area contributed by atoms with Crippen molar-refractivity contribution in [3.05, 3.63) is 52.8 Å². The van der Waals surface area contributed by atoms with Crippen LogP contribution in [-0.4, -0.2) is 13.1 Å². The Hall–Kier alpha value is -2.27. The molecule has 6 heteroatoms. The van der Waals surface area contributed by atoms with Crippen LogP contribution in [0.4, 0.5) is 20.6 Å². The van der Waals surface area contributed by atoms with Crippen molar-refractivity contribution >= 4 is 29.0 Å². The van der Waals surface area contributed by atoms with E-state index in [1.165, 1.54) is 19.2 Å². The van der Waals surface area contributed by atoms with Crippen molar-refractivity contribution in [2.75, 3.05) is 17.7 Å². The Morgan fingerprint density at radius 3 is 2.57 bits per heavy atom. The van der Waals surface area contributed by atoms with Gasteiger partial charge in [-0.2, -0.15) is 0 Å². The van der Waals surface area contributed by atoms with Gasteiger partial charge in [-0.05, 0) is 42.8 Å². The van der Waals surface area contributed by atoms with Gasteiger partial charge in [0.25, 0.3) is 0 Å². The average Bonchev–Trinajstić information content (AvgIpc) is 2.45. The van der Waals surface area contributed by atoms with Crippen molar-refractivity contribution in [2.24, 2.45) is 0 Å². The molecule has 0 bridgehead atoms. The molecular formula is C15H14ClFN2O2. The summed E-state index contributed by atoms with van der Waals surface area (Å²) in [5, 5.41) is 5.65. The number of anilines is 2. The fourth-order valence-electron chi connectivity index (χ4n) is 1.73. The maximum atomic E-state index is 13.7. The third kappa shape index (κ3) is 3.86. The number of hydrogen-bond donors (Lipinski definition) is 2. The smallest absolute Gasteiger partial charge is 0.323 e. The van der Waals surface area contributed by atoms with E-state index >= 15 is 0 Å². The molecule has 2 amide bonds. The van der Waals surface area contributed by atoms with Crippen LogP contribution >= 0.6 is 11.6 Å². The van der Waals surface area contributed by atoms with E-state index in [1.54, 1.807) is 24.3 Å². The van der Waals surface area contributed by atoms with E-state index in [2.05, 4.69) is 10.6 Å². The Morgan fingerprint density at radius 1 is 1.19 bits per heavy atom. The first-order chi connectivity index (χ1) is 9.99. The molecule has 0 aliphatic carbocycles. The molecule has 0 saturated carbocycles. The highest BCUT2D eigenvalue weighted by Gasteiger charge is 2.08. The minimum Gasteiger partial charge on any atom is -0.497 e. The summed E-state index contributed by atoms with van der Waals surface area (Å²) in [5.41, 5.74) is 1.48. The SMILES string of the molecule is COc1ccc(NC(=O)Nc2ccc(Cl)c(C)c2)c(F)c1. The number of benzene rings is 2. The molecule has 0 unspecified atom stereocenters. The zero-order chi connectivity index (χ0) is 15.4. The summed E-state index contributed by atoms with van der Waals surface area (Å²) in [6.45, 7) is 1.83. The lowest BCUT2D eigenvalue weighted by Crippen LogP contribution is -2.20. The number of nitrogens with one attached hydrogen (secondary N) is 2. The van der Waals surface area contributed by atoms with Crippen LogP contribution in [0.2, 0.25) is 5.02 Å². The zero-order valence-corrected chi connectivity index (χ0v) is 12.3. The first-order valence-corrected chi connectivity index (χ1v) is 6.55. The Labute approximate surface area is 126 Å². The van der Waals surface area contributed by atoms with Crippen LogP contribution in [0.3, 0.4) is 0 Å². The number of carbonyl (C=O) groups excluding carboxylic acids is 1. The van der Waals surface area contributed by atoms with Crippen molar-refractivity contribution < 1.29 is 13.9 Å². The normalized spacial score (nSPS) is 10.1. The van der Waals surface area contributed by atoms with E-state index in [9.17, 15) is 9.18 Å². The van der Waals surface area contributed by atoms with Crippen molar-refractivity contribution in [3.63, 3.8) is 0 Å². The molecule has 0 heterocycles. The van der Waals surface area contributed by atoms with Gasteiger partial charge in [0.1, 0.15) is 11.6 Å². The molecule has 21 heavy (non-hydrogen) atoms. The predicted molar refractivity (Wildman–Crippen MR) is 81.8 cm³/mol. The first-order valence-electron chi connectivity index (χ1n) is 6.17. The van der Waals surface area contributed by atoms with Crippen LogP contribution in [0.5, 0.6) is 5.75 Å². The number of urea groups is 1. The minimum absolute atomic E-state index is 0.0685. The van der Waals surface area contributed by atoms with Gasteiger partial charge in [-0.15, -0.1) is 0 Å². The topological polar surface area (TPSA) is 50.4 Å². The first kappa shape index (κ1) is 15.1. The fourth-order valence-corrected chi connectivity index (χ4v) is 1.85. The van der Waals surface area contributed by atoms with Crippen LogP contribution in [0.25, 0.3) is 0 Å². The van der Waals surface area contributed by atoms with Gasteiger partial charge in [-0.25, -0.2) is 9.18 Å². The van der Waals surface area contributed by atoms with Gasteiger partial charge in [0.15, 0.2) is 0 Å². The Morgan fingerprint density at radius 2 is 1.95 bits per heavy atom. The lowest BCUT2D eigenvalue weighted by atomic mass is 10.2. The fraction of sp³-hybridized carbons (Fsp3) is 0.133. The second-order valence-corrected chi connectivity index (χ2v) is 4.80. The van der Waals surface area contributed by atoms with Crippen molar-refractivity contribution in [3.8, 4) is 5.75 Å². The molecule has 0 atom stereocenters. The Kier molecular flexibility index (Phi) is 4.65. The highest BCUT2D eigenvalue weighted by Crippen LogP contribution is 2.22. The molecule has 0 radical (unpaired) electrons. The molecule has 0 spiro atoms. The van der Waals surface area contributed by atoms with Crippen molar-refractivity contribution in [1.29, 1.82) is 0 Å². The average molecular weight is 309 g/mol. The summed E-state index contributed by atoms with van der Waals surface area (Å²) in [6.07, 6.45) is 0. The zero-order valence-electron chi connectivity index (χ0n) is 11.5. The number of ether oxygens (including phenoxy) is 1. The number of methoxy groups -OCH3 is 1. The number of rotatable bonds is 3. The van der Waals surface area contributed by atoms with Crippen LogP contribution in [-0.2, 0) is 0 Å². The monoisotopic (exact) mass is 308 g/mol. The van der Waals surface area contributed by atoms with E-state index in [-0.39, 0.29) is 5.69 Å². The molecule has 2 aromatic carbocycles. The summed E-state index contributed by atoms with van der Waals surface area (Å²) in [7, 11) is 1.44. The van der Waals surface area contributed by atoms with Gasteiger partial charge in [0.2, 0.25) is 0 Å². The van der Waals surface area contributed by atoms with E-state index in [1.807, 2.05) is 6.92 Å². The van der Waals surface area contributed by atoms with Crippen LogP contribution < -0.4 is 15.4 Å². The van der Waals surface area contributed by atoms with Crippen LogP contribution in [0, 0.1) is 12.7 Å². The number of aryl methyl sites for hydroxylation is 1. The molecule has 4 nitrogen and oxygen atoms in total. The van der Waals surface area contributed by atoms with Crippen LogP contribution in [0.1, 0.15) is 5.56 Å². The lowest BCUT2D eigenvalue weighted by Gasteiger charge is -2.10. The van der Waals surface area contributed by atoms with E-state index in [4.69, 9.17) is 16.3 Å². The molecule has 2 N–H and O–H groups in total. The highest BCUT2D eigenvalue weighted by molar-refractivity contribution is 6.31. The second kappa shape index (κ2) is 6.45. The standard InChI is InChI=1S/C15H14ClFN2O2/c1-9-7-10(3-5-12(9)16)18-15(20)19-14-6-4-11(21-2)8-13(14)17/h3-8H,1-2H3,(H2,18,19,20). The van der Waals surface area contributed by atoms with E-state index in [0.717, 1.165) is 5.56 Å². The summed E-state index contributed by atoms with van der Waals surface area (Å²) < 4.78 is 18.6. The van der Waals surface area contributed by atoms with Gasteiger partial charge in [-0.3, -0.25) is 0 Å². The molecule has 0 aromatic heterocycles. The third-order valence-electron chi connectivity index (χ3n) is 2.84. The molecule has 2 rings (SSSR count). The lowest BCUT2D eigenvalue weighted by molar-refractivity contribution is 0.262. The van der Waals surface area contributed by atoms with Gasteiger partial charge in [0.05, 0.1) is 12.8 Å². The number of hydrogen-bond acceptors (Lipinski definition) is 2. The quantitative estimate of drug-likeness (QED) is 0.880. The molecule has 0 aliphatic rings. The summed E-state index contributed by atoms with van der Waals surface area (Å²) >= 11 is 5.91. The molecule has 0 aliphatic heterocycles. The van der Waals surface area contributed by atoms with Crippen molar-refractivity contribution in [2.45, 2.75) is 6.92 Å². The molecule has 0 saturated heterocycles. The molecular weight excluding hydrogens is 295 g/mol. The van der Waals surface area contributed by atoms with Crippen molar-refractivity contribution in [1.82, 2.24) is 0 Å². The Balaban J connectivity index is 2.06. The van der Waals surface area contributed by atoms with Gasteiger partial charge < -0.3 is 15.4 Å². The number of carbonyl (C=O) groups is 1.